The molecule has 0 aromatic heterocycles. The van der Waals surface area contributed by atoms with Crippen LogP contribution in [0, 0.1) is 0 Å². The molecule has 0 heterocycles. The van der Waals surface area contributed by atoms with E-state index < -0.39 is 0 Å². The number of hydrogen-bond donors (Lipinski definition) is 0. The lowest BCUT2D eigenvalue weighted by Crippen LogP contribution is -2.42. The Balaban J connectivity index is 3.14. The Bertz CT molecular complexity index is 326. The molecule has 0 aliphatic rings. The van der Waals surface area contributed by atoms with Gasteiger partial charge in [0, 0.05) is 18.3 Å². The summed E-state index contributed by atoms with van der Waals surface area (Å²) in [5.74, 6) is 0. The molecule has 15 heavy (non-hydrogen) atoms. The van der Waals surface area contributed by atoms with Crippen molar-refractivity contribution in [2.75, 3.05) is 11.9 Å². The Hall–Kier alpha value is -0.763. The summed E-state index contributed by atoms with van der Waals surface area (Å²) < 4.78 is 0. The van der Waals surface area contributed by atoms with E-state index in [1.807, 2.05) is 0 Å². The van der Waals surface area contributed by atoms with E-state index in [1.165, 1.54) is 10.9 Å². The normalized spacial score (nSPS) is 11.9. The number of anilines is 1. The van der Waals surface area contributed by atoms with Gasteiger partial charge in [0.1, 0.15) is 0 Å². The van der Waals surface area contributed by atoms with Gasteiger partial charge < -0.3 is 4.90 Å². The standard InChI is InChI=1S/C13H22NSi/c1-13(2,3)14(4)11-9-7-8-10-12(11)15(5)6/h7-10H,1-6H3. The molecule has 0 unspecified atom stereocenters. The fourth-order valence-corrected chi connectivity index (χ4v) is 2.74. The Morgan fingerprint density at radius 3 is 2.07 bits per heavy atom. The Labute approximate surface area is 95.7 Å². The number of para-hydroxylation sites is 1. The van der Waals surface area contributed by atoms with Gasteiger partial charge in [-0.05, 0) is 32.0 Å². The van der Waals surface area contributed by atoms with Gasteiger partial charge in [0.2, 0.25) is 0 Å². The molecular weight excluding hydrogens is 198 g/mol. The van der Waals surface area contributed by atoms with Crippen LogP contribution in [-0.4, -0.2) is 21.4 Å². The van der Waals surface area contributed by atoms with E-state index >= 15 is 0 Å². The third-order valence-electron chi connectivity index (χ3n) is 2.81. The average molecular weight is 220 g/mol. The van der Waals surface area contributed by atoms with Crippen molar-refractivity contribution < 1.29 is 0 Å². The van der Waals surface area contributed by atoms with E-state index in [2.05, 4.69) is 70.1 Å². The van der Waals surface area contributed by atoms with Gasteiger partial charge in [0.15, 0.2) is 0 Å². The van der Waals surface area contributed by atoms with E-state index in [0.29, 0.717) is 0 Å². The minimum absolute atomic E-state index is 0.188. The fourth-order valence-electron chi connectivity index (χ4n) is 1.55. The smallest absolute Gasteiger partial charge is 0.0819 e. The first kappa shape index (κ1) is 12.3. The maximum absolute atomic E-state index is 2.38. The van der Waals surface area contributed by atoms with Crippen LogP contribution in [0.2, 0.25) is 13.1 Å². The van der Waals surface area contributed by atoms with Gasteiger partial charge in [0.25, 0.3) is 0 Å². The summed E-state index contributed by atoms with van der Waals surface area (Å²) in [5, 5.41) is 1.53. The lowest BCUT2D eigenvalue weighted by Gasteiger charge is -2.36. The van der Waals surface area contributed by atoms with Crippen LogP contribution in [0.4, 0.5) is 5.69 Å². The van der Waals surface area contributed by atoms with Gasteiger partial charge in [-0.2, -0.15) is 0 Å². The molecule has 1 rings (SSSR count). The van der Waals surface area contributed by atoms with Gasteiger partial charge in [-0.1, -0.05) is 31.3 Å². The summed E-state index contributed by atoms with van der Waals surface area (Å²) in [6.45, 7) is 11.4. The lowest BCUT2D eigenvalue weighted by molar-refractivity contribution is 0.539. The van der Waals surface area contributed by atoms with Crippen molar-refractivity contribution in [2.24, 2.45) is 0 Å². The molecule has 0 N–H and O–H groups in total. The quantitative estimate of drug-likeness (QED) is 0.693. The first-order valence-electron chi connectivity index (χ1n) is 5.47. The predicted molar refractivity (Wildman–Crippen MR) is 71.7 cm³/mol. The topological polar surface area (TPSA) is 3.24 Å². The van der Waals surface area contributed by atoms with Crippen LogP contribution < -0.4 is 10.1 Å². The molecule has 0 atom stereocenters. The molecular formula is C13H22NSi. The molecule has 2 heteroatoms. The van der Waals surface area contributed by atoms with Gasteiger partial charge in [0.05, 0.1) is 8.80 Å². The van der Waals surface area contributed by atoms with Crippen LogP contribution >= 0.6 is 0 Å². The minimum Gasteiger partial charge on any atom is -0.370 e. The van der Waals surface area contributed by atoms with Gasteiger partial charge in [-0.15, -0.1) is 0 Å². The Kier molecular flexibility index (Phi) is 3.61. The lowest BCUT2D eigenvalue weighted by atomic mass is 10.1. The Morgan fingerprint density at radius 2 is 1.60 bits per heavy atom. The molecule has 1 aromatic carbocycles. The first-order chi connectivity index (χ1) is 6.84. The van der Waals surface area contributed by atoms with Crippen LogP contribution in [0.25, 0.3) is 0 Å². The van der Waals surface area contributed by atoms with E-state index in [9.17, 15) is 0 Å². The predicted octanol–water partition coefficient (Wildman–Crippen LogP) is 2.88. The largest absolute Gasteiger partial charge is 0.370 e. The third-order valence-corrected chi connectivity index (χ3v) is 4.31. The van der Waals surface area contributed by atoms with Crippen molar-refractivity contribution in [3.63, 3.8) is 0 Å². The molecule has 1 aromatic rings. The van der Waals surface area contributed by atoms with E-state index in [0.717, 1.165) is 0 Å². The molecule has 83 valence electrons. The fraction of sp³-hybridized carbons (Fsp3) is 0.538. The summed E-state index contributed by atoms with van der Waals surface area (Å²) in [7, 11) is 1.80. The zero-order valence-electron chi connectivity index (χ0n) is 10.8. The highest BCUT2D eigenvalue weighted by molar-refractivity contribution is 6.72. The molecule has 0 fully saturated rings. The highest BCUT2D eigenvalue weighted by Gasteiger charge is 2.20. The van der Waals surface area contributed by atoms with Crippen molar-refractivity contribution in [2.45, 2.75) is 39.4 Å². The molecule has 0 spiro atoms. The summed E-state index contributed by atoms with van der Waals surface area (Å²) >= 11 is 0. The van der Waals surface area contributed by atoms with Crippen molar-refractivity contribution in [1.29, 1.82) is 0 Å². The van der Waals surface area contributed by atoms with Crippen LogP contribution in [0.5, 0.6) is 0 Å². The molecule has 1 nitrogen and oxygen atoms in total. The number of hydrogen-bond acceptors (Lipinski definition) is 1. The molecule has 0 saturated heterocycles. The number of benzene rings is 1. The number of nitrogens with zero attached hydrogens (tertiary/aromatic N) is 1. The highest BCUT2D eigenvalue weighted by Crippen LogP contribution is 2.20. The zero-order chi connectivity index (χ0) is 11.6. The van der Waals surface area contributed by atoms with Crippen LogP contribution in [0.15, 0.2) is 24.3 Å². The van der Waals surface area contributed by atoms with Gasteiger partial charge >= 0.3 is 0 Å². The maximum atomic E-state index is 2.38. The molecule has 0 saturated carbocycles. The van der Waals surface area contributed by atoms with Gasteiger partial charge in [-0.25, -0.2) is 0 Å². The van der Waals surface area contributed by atoms with E-state index in [4.69, 9.17) is 0 Å². The second kappa shape index (κ2) is 4.39. The second-order valence-electron chi connectivity index (χ2n) is 5.25. The Morgan fingerprint density at radius 1 is 1.07 bits per heavy atom. The van der Waals surface area contributed by atoms with Crippen LogP contribution in [0.3, 0.4) is 0 Å². The minimum atomic E-state index is -0.388. The summed E-state index contributed by atoms with van der Waals surface area (Å²) in [4.78, 5) is 2.38. The monoisotopic (exact) mass is 220 g/mol. The number of rotatable bonds is 2. The third kappa shape index (κ3) is 2.85. The average Bonchev–Trinajstić information content (AvgIpc) is 2.15. The summed E-state index contributed by atoms with van der Waals surface area (Å²) in [5.41, 5.74) is 1.58. The van der Waals surface area contributed by atoms with E-state index in [-0.39, 0.29) is 14.3 Å². The van der Waals surface area contributed by atoms with Gasteiger partial charge in [-0.3, -0.25) is 0 Å². The van der Waals surface area contributed by atoms with Crippen molar-refractivity contribution >= 4 is 19.7 Å². The van der Waals surface area contributed by atoms with Crippen LogP contribution in [0.1, 0.15) is 20.8 Å². The van der Waals surface area contributed by atoms with Crippen molar-refractivity contribution in [1.82, 2.24) is 0 Å². The van der Waals surface area contributed by atoms with Crippen molar-refractivity contribution in [3.8, 4) is 0 Å². The summed E-state index contributed by atoms with van der Waals surface area (Å²) in [6.07, 6.45) is 0. The zero-order valence-corrected chi connectivity index (χ0v) is 11.8. The summed E-state index contributed by atoms with van der Waals surface area (Å²) in [6, 6.07) is 8.78. The molecule has 0 bridgehead atoms. The first-order valence-corrected chi connectivity index (χ1v) is 7.97. The van der Waals surface area contributed by atoms with Crippen molar-refractivity contribution in [3.05, 3.63) is 24.3 Å². The SMILES string of the molecule is CN(c1ccccc1[Si](C)C)C(C)(C)C. The molecule has 0 aliphatic heterocycles. The second-order valence-corrected chi connectivity index (χ2v) is 7.79. The molecule has 1 radical (unpaired) electrons. The molecule has 0 amide bonds. The highest BCUT2D eigenvalue weighted by atomic mass is 28.3. The molecule has 0 aliphatic carbocycles. The maximum Gasteiger partial charge on any atom is 0.0819 e. The van der Waals surface area contributed by atoms with E-state index in [1.54, 1.807) is 0 Å². The van der Waals surface area contributed by atoms with Crippen LogP contribution in [-0.2, 0) is 0 Å².